The van der Waals surface area contributed by atoms with E-state index in [4.69, 9.17) is 49.9 Å². The lowest BCUT2D eigenvalue weighted by Crippen LogP contribution is -2.61. The highest BCUT2D eigenvalue weighted by atomic mass is 15.2. The molecule has 584 valence electrons. The maximum Gasteiger partial charge on any atom is 0.252 e. The Hall–Kier alpha value is -16.5. The molecule has 15 aromatic carbocycles. The van der Waals surface area contributed by atoms with Gasteiger partial charge in [-0.05, 0) is 132 Å². The fraction of sp³-hybridized carbons (Fsp3) is 0.0275. The van der Waals surface area contributed by atoms with Gasteiger partial charge >= 0.3 is 0 Å². The van der Waals surface area contributed by atoms with Gasteiger partial charge in [-0.2, -0.15) is 0 Å². The molecule has 0 saturated heterocycles. The van der Waals surface area contributed by atoms with E-state index in [-0.39, 0.29) is 6.71 Å². The largest absolute Gasteiger partial charge is 0.373 e. The van der Waals surface area contributed by atoms with Crippen LogP contribution in [0.4, 0.5) is 34.1 Å². The summed E-state index contributed by atoms with van der Waals surface area (Å²) in [5, 5.41) is 5.27. The number of para-hydroxylation sites is 3. The Morgan fingerprint density at radius 2 is 0.669 bits per heavy atom. The van der Waals surface area contributed by atoms with Crippen LogP contribution in [0.5, 0.6) is 0 Å². The molecule has 0 bridgehead atoms. The first-order valence-electron chi connectivity index (χ1n) is 41.6. The quantitative estimate of drug-likeness (QED) is 0.0559. The number of hydrogen-bond acceptors (Lipinski definition) is 11. The van der Waals surface area contributed by atoms with Crippen LogP contribution in [-0.4, -0.2) is 75.4 Å². The van der Waals surface area contributed by atoms with Gasteiger partial charge in [0.1, 0.15) is 11.4 Å². The average molecular weight is 1590 g/mol. The molecular weight excluding hydrogens is 1520 g/mol. The van der Waals surface area contributed by atoms with Crippen molar-refractivity contribution < 1.29 is 0 Å². The van der Waals surface area contributed by atoms with Crippen molar-refractivity contribution in [1.29, 1.82) is 0 Å². The smallest absolute Gasteiger partial charge is 0.252 e. The first-order valence-corrected chi connectivity index (χ1v) is 41.6. The monoisotopic (exact) mass is 1590 g/mol. The molecular formula is C109H75BN14. The molecule has 15 heteroatoms. The van der Waals surface area contributed by atoms with Gasteiger partial charge in [-0.15, -0.1) is 0 Å². The average Bonchev–Trinajstić information content (AvgIpc) is 1.65. The zero-order valence-corrected chi connectivity index (χ0v) is 67.7. The Morgan fingerprint density at radius 1 is 0.315 bits per heavy atom. The molecule has 0 fully saturated rings. The van der Waals surface area contributed by atoms with Crippen LogP contribution in [0, 0.1) is 0 Å². The minimum absolute atomic E-state index is 0.0428. The topological polar surface area (TPSA) is 151 Å². The fourth-order valence-corrected chi connectivity index (χ4v) is 17.7. The number of fused-ring (bicyclic) bond motifs is 7. The second kappa shape index (κ2) is 31.3. The van der Waals surface area contributed by atoms with Gasteiger partial charge in [0.15, 0.2) is 46.6 Å². The molecule has 0 saturated carbocycles. The van der Waals surface area contributed by atoms with Crippen molar-refractivity contribution in [3.8, 4) is 102 Å². The second-order valence-electron chi connectivity index (χ2n) is 31.2. The third kappa shape index (κ3) is 13.5. The summed E-state index contributed by atoms with van der Waals surface area (Å²) in [4.78, 5) is 59.2. The lowest BCUT2D eigenvalue weighted by molar-refractivity contribution is 0.763. The van der Waals surface area contributed by atoms with Gasteiger partial charge in [-0.3, -0.25) is 4.99 Å². The van der Waals surface area contributed by atoms with Crippen LogP contribution in [-0.2, 0) is 0 Å². The standard InChI is InChI=1S/C109H75BN14/c1-109(121-108(79-44-23-9-24-45-79)114-100(111-2)74-34-13-4-14-35-74)67-66-95(124-91-64-60-81(106-117-102(75-36-15-5-16-37-75)115-103(118-106)76-38-17-6-18-39-76)68-85(91)86-69-82(61-65-92(86)124)107-119-104(77-40-19-7-20-41-77)116-105(120-107)78-42-21-8-22-43-78)98(109)90-70-89(73-32-11-3-12-33-73)112-101(113-90)80-56-54-71(55-57-80)72-58-62-84(63-59-72)123-94-51-30-28-49-88(94)110-87-48-27-29-50-93(87)122(83-46-25-10-26-47-83)96-52-31-53-97(123)99(96)110/h3-70H,1-2H3,(H,111,114,121). The summed E-state index contributed by atoms with van der Waals surface area (Å²) < 4.78 is 2.35. The summed E-state index contributed by atoms with van der Waals surface area (Å²) in [5.74, 6) is 4.96. The number of aromatic nitrogens is 9. The Morgan fingerprint density at radius 3 is 1.14 bits per heavy atom. The molecule has 2 aliphatic heterocycles. The van der Waals surface area contributed by atoms with Gasteiger partial charge in [0.25, 0.3) is 6.71 Å². The van der Waals surface area contributed by atoms with Crippen molar-refractivity contribution in [2.45, 2.75) is 12.5 Å². The molecule has 124 heavy (non-hydrogen) atoms. The fourth-order valence-electron chi connectivity index (χ4n) is 17.7. The summed E-state index contributed by atoms with van der Waals surface area (Å²) in [6.45, 7) is 2.21. The Balaban J connectivity index is 0.727. The Labute approximate surface area is 717 Å². The van der Waals surface area contributed by atoms with E-state index in [1.165, 1.54) is 27.8 Å². The molecule has 0 radical (unpaired) electrons. The maximum atomic E-state index is 5.97. The van der Waals surface area contributed by atoms with Gasteiger partial charge in [-0.1, -0.05) is 315 Å². The van der Waals surface area contributed by atoms with Crippen molar-refractivity contribution in [2.75, 3.05) is 16.8 Å². The summed E-state index contributed by atoms with van der Waals surface area (Å²) >= 11 is 0. The van der Waals surface area contributed by atoms with Crippen molar-refractivity contribution in [2.24, 2.45) is 9.98 Å². The lowest BCUT2D eigenvalue weighted by Gasteiger charge is -2.44. The minimum atomic E-state index is -1.18. The van der Waals surface area contributed by atoms with E-state index in [9.17, 15) is 0 Å². The van der Waals surface area contributed by atoms with Crippen LogP contribution >= 0.6 is 0 Å². The van der Waals surface area contributed by atoms with E-state index in [2.05, 4.69) is 275 Å². The molecule has 4 aromatic heterocycles. The number of anilines is 6. The third-order valence-corrected chi connectivity index (χ3v) is 23.6. The number of nitrogens with zero attached hydrogens (tertiary/aromatic N) is 13. The molecule has 0 amide bonds. The maximum absolute atomic E-state index is 5.97. The van der Waals surface area contributed by atoms with E-state index in [1.54, 1.807) is 0 Å². The zero-order chi connectivity index (χ0) is 82.6. The highest BCUT2D eigenvalue weighted by molar-refractivity contribution is 7.00. The van der Waals surface area contributed by atoms with E-state index in [1.807, 2.05) is 171 Å². The van der Waals surface area contributed by atoms with E-state index in [0.29, 0.717) is 58.1 Å². The number of allylic oxidation sites excluding steroid dienone is 2. The number of aliphatic imine (C=N–C) groups is 2. The molecule has 3 aliphatic rings. The second-order valence-corrected chi connectivity index (χ2v) is 31.2. The molecule has 14 nitrogen and oxygen atoms in total. The number of rotatable bonds is 16. The molecule has 1 atom stereocenters. The predicted octanol–water partition coefficient (Wildman–Crippen LogP) is 22.8. The van der Waals surface area contributed by atoms with E-state index >= 15 is 0 Å². The van der Waals surface area contributed by atoms with Crippen LogP contribution in [0.2, 0.25) is 0 Å². The molecule has 1 unspecified atom stereocenters. The minimum Gasteiger partial charge on any atom is -0.373 e. The van der Waals surface area contributed by atoms with Crippen LogP contribution in [0.15, 0.2) is 423 Å². The van der Waals surface area contributed by atoms with Crippen LogP contribution in [0.3, 0.4) is 0 Å². The first-order chi connectivity index (χ1) is 61.3. The molecule has 1 aliphatic carbocycles. The summed E-state index contributed by atoms with van der Waals surface area (Å²) in [6, 6.07) is 139. The van der Waals surface area contributed by atoms with Crippen LogP contribution in [0.1, 0.15) is 23.7 Å². The number of benzene rings is 15. The molecule has 6 heterocycles. The van der Waals surface area contributed by atoms with Gasteiger partial charge in [0.2, 0.25) is 0 Å². The summed E-state index contributed by atoms with van der Waals surface area (Å²) in [7, 11) is 1.90. The number of hydrogen-bond donors (Lipinski definition) is 1. The normalized spacial score (nSPS) is 14.1. The van der Waals surface area contributed by atoms with E-state index < -0.39 is 5.54 Å². The molecule has 19 aromatic rings. The van der Waals surface area contributed by atoms with Crippen molar-refractivity contribution in [3.63, 3.8) is 0 Å². The first kappa shape index (κ1) is 73.8. The number of nitrogens with one attached hydrogen (secondary N) is 1. The van der Waals surface area contributed by atoms with Crippen LogP contribution < -0.4 is 31.5 Å². The third-order valence-electron chi connectivity index (χ3n) is 23.6. The SMILES string of the molecule is CNC(=NC(=NC1(C)C=CC(n2c3ccc(-c4nc(-c5ccccc5)nc(-c5ccccc5)n4)cc3c3cc(-c4nc(-c5ccccc5)nc(-c5ccccc5)n4)ccc32)=C1c1cc(-c2ccccc2)nc(-c2ccc(-c3ccc(N4c5ccccc5B5c6ccccc6N(c6ccccc6)c6cccc4c65)cc3)cc2)n1)c1ccccc1)c1ccccc1. The highest BCUT2D eigenvalue weighted by Gasteiger charge is 2.44. The lowest BCUT2D eigenvalue weighted by atomic mass is 9.33. The van der Waals surface area contributed by atoms with E-state index in [0.717, 1.165) is 128 Å². The zero-order valence-electron chi connectivity index (χ0n) is 67.7. The molecule has 0 spiro atoms. The van der Waals surface area contributed by atoms with Crippen molar-refractivity contribution in [1.82, 2.24) is 49.8 Å². The molecule has 22 rings (SSSR count). The van der Waals surface area contributed by atoms with Gasteiger partial charge in [-0.25, -0.2) is 44.9 Å². The van der Waals surface area contributed by atoms with Crippen molar-refractivity contribution in [3.05, 3.63) is 429 Å². The summed E-state index contributed by atoms with van der Waals surface area (Å²) in [6.07, 6.45) is 4.39. The van der Waals surface area contributed by atoms with Gasteiger partial charge < -0.3 is 19.7 Å². The van der Waals surface area contributed by atoms with Gasteiger partial charge in [0.05, 0.1) is 28.1 Å². The highest BCUT2D eigenvalue weighted by Crippen LogP contribution is 2.49. The number of amidine groups is 2. The predicted molar refractivity (Wildman–Crippen MR) is 507 cm³/mol. The van der Waals surface area contributed by atoms with Crippen molar-refractivity contribution >= 4 is 102 Å². The van der Waals surface area contributed by atoms with Gasteiger partial charge in [0, 0.05) is 113 Å². The van der Waals surface area contributed by atoms with Crippen LogP contribution in [0.25, 0.3) is 135 Å². The Bertz CT molecular complexity index is 7140. The molecule has 1 N–H and O–H groups in total. The summed E-state index contributed by atoms with van der Waals surface area (Å²) in [5.41, 5.74) is 25.0. The Kier molecular flexibility index (Phi) is 18.7.